The fourth-order valence-electron chi connectivity index (χ4n) is 0.250. The van der Waals surface area contributed by atoms with E-state index in [2.05, 4.69) is 13.8 Å². The summed E-state index contributed by atoms with van der Waals surface area (Å²) in [6.07, 6.45) is 3.65. The zero-order chi connectivity index (χ0) is 4.12. The molecule has 0 unspecified atom stereocenters. The molecule has 0 aliphatic rings. The van der Waals surface area contributed by atoms with E-state index < -0.39 is 0 Å². The van der Waals surface area contributed by atoms with Crippen molar-refractivity contribution in [1.82, 2.24) is 0 Å². The van der Waals surface area contributed by atoms with E-state index in [0.717, 1.165) is 6.42 Å². The van der Waals surface area contributed by atoms with Crippen LogP contribution in [0.15, 0.2) is 0 Å². The number of hydrogen-bond acceptors (Lipinski definition) is 0. The first-order chi connectivity index (χ1) is 2.41. The predicted molar refractivity (Wildman–Crippen MR) is 24.9 cm³/mol. The van der Waals surface area contributed by atoms with Crippen LogP contribution in [-0.2, 0) is 0 Å². The van der Waals surface area contributed by atoms with Gasteiger partial charge in [-0.05, 0) is 0 Å². The molecule has 0 nitrogen and oxygen atoms in total. The van der Waals surface area contributed by atoms with Gasteiger partial charge in [-0.1, -0.05) is 19.8 Å². The van der Waals surface area contributed by atoms with Crippen molar-refractivity contribution in [2.75, 3.05) is 0 Å². The summed E-state index contributed by atoms with van der Waals surface area (Å²) in [5.74, 6) is 0. The van der Waals surface area contributed by atoms with Gasteiger partial charge in [0.25, 0.3) is 0 Å². The fourth-order valence-corrected chi connectivity index (χ4v) is 0.250. The maximum Gasteiger partial charge on any atom is 1.00 e. The Morgan fingerprint density at radius 3 is 2.00 bits per heavy atom. The quantitative estimate of drug-likeness (QED) is 0.507. The van der Waals surface area contributed by atoms with Crippen LogP contribution in [0.3, 0.4) is 0 Å². The third kappa shape index (κ3) is 9.41. The second-order valence-corrected chi connectivity index (χ2v) is 1.21. The third-order valence-electron chi connectivity index (χ3n) is 0.604. The molecule has 0 heterocycles. The van der Waals surface area contributed by atoms with Crippen molar-refractivity contribution in [2.24, 2.45) is 0 Å². The molecule has 0 bridgehead atoms. The number of hydrogen-bond donors (Lipinski definition) is 0. The van der Waals surface area contributed by atoms with E-state index in [4.69, 9.17) is 0 Å². The zero-order valence-electron chi connectivity index (χ0n) is 4.83. The Kier molecular flexibility index (Phi) is 18.4. The van der Waals surface area contributed by atoms with E-state index in [9.17, 15) is 0 Å². The molecule has 6 heavy (non-hydrogen) atoms. The first-order valence-electron chi connectivity index (χ1n) is 2.21. The SMILES string of the molecule is [CH2-]CCCC.[Cs+]. The first-order valence-corrected chi connectivity index (χ1v) is 2.21. The molecule has 0 N–H and O–H groups in total. The molecule has 0 saturated carbocycles. The number of unbranched alkanes of at least 4 members (excludes halogenated alkanes) is 2. The average molecular weight is 204 g/mol. The Bertz CT molecular complexity index is 11.4. The molecule has 1 heteroatoms. The smallest absolute Gasteiger partial charge is 0.343 e. The van der Waals surface area contributed by atoms with Gasteiger partial charge in [-0.3, -0.25) is 0 Å². The van der Waals surface area contributed by atoms with Crippen molar-refractivity contribution in [1.29, 1.82) is 0 Å². The molecular weight excluding hydrogens is 193 g/mol. The first kappa shape index (κ1) is 10.9. The van der Waals surface area contributed by atoms with Crippen molar-refractivity contribution >= 4 is 0 Å². The minimum atomic E-state index is 0. The molecule has 0 aliphatic heterocycles. The van der Waals surface area contributed by atoms with Crippen LogP contribution in [0.5, 0.6) is 0 Å². The molecule has 0 aliphatic carbocycles. The molecule has 32 valence electrons. The van der Waals surface area contributed by atoms with Crippen molar-refractivity contribution in [2.45, 2.75) is 26.2 Å². The van der Waals surface area contributed by atoms with Crippen LogP contribution in [0, 0.1) is 6.92 Å². The van der Waals surface area contributed by atoms with Gasteiger partial charge >= 0.3 is 68.9 Å². The van der Waals surface area contributed by atoms with E-state index in [0.29, 0.717) is 0 Å². The summed E-state index contributed by atoms with van der Waals surface area (Å²) in [7, 11) is 0. The largest absolute Gasteiger partial charge is 1.00 e. The van der Waals surface area contributed by atoms with Gasteiger partial charge in [-0.2, -0.15) is 6.42 Å². The third-order valence-corrected chi connectivity index (χ3v) is 0.604. The molecular formula is C5H11Cs. The Morgan fingerprint density at radius 2 is 2.00 bits per heavy atom. The minimum Gasteiger partial charge on any atom is -0.343 e. The summed E-state index contributed by atoms with van der Waals surface area (Å²) in [6, 6.07) is 0. The molecule has 0 atom stereocenters. The molecule has 0 saturated heterocycles. The van der Waals surface area contributed by atoms with Gasteiger partial charge in [-0.25, -0.2) is 0 Å². The van der Waals surface area contributed by atoms with Crippen molar-refractivity contribution in [3.8, 4) is 0 Å². The minimum absolute atomic E-state index is 0. The Balaban J connectivity index is 0. The second kappa shape index (κ2) is 10.1. The van der Waals surface area contributed by atoms with Gasteiger partial charge in [0.2, 0.25) is 0 Å². The van der Waals surface area contributed by atoms with Crippen LogP contribution < -0.4 is 68.9 Å². The summed E-state index contributed by atoms with van der Waals surface area (Å²) in [5, 5.41) is 0. The summed E-state index contributed by atoms with van der Waals surface area (Å²) in [5.41, 5.74) is 0. The van der Waals surface area contributed by atoms with Crippen LogP contribution in [-0.4, -0.2) is 0 Å². The molecule has 0 fully saturated rings. The van der Waals surface area contributed by atoms with E-state index in [1.165, 1.54) is 12.8 Å². The van der Waals surface area contributed by atoms with Gasteiger partial charge in [0, 0.05) is 0 Å². The van der Waals surface area contributed by atoms with Gasteiger partial charge in [0.1, 0.15) is 0 Å². The topological polar surface area (TPSA) is 0 Å². The molecule has 0 aromatic heterocycles. The van der Waals surface area contributed by atoms with E-state index >= 15 is 0 Å². The van der Waals surface area contributed by atoms with Crippen LogP contribution >= 0.6 is 0 Å². The maximum absolute atomic E-state index is 3.68. The number of rotatable bonds is 2. The molecule has 0 rings (SSSR count). The molecule has 0 radical (unpaired) electrons. The van der Waals surface area contributed by atoms with E-state index in [1.807, 2.05) is 0 Å². The van der Waals surface area contributed by atoms with Crippen LogP contribution in [0.25, 0.3) is 0 Å². The summed E-state index contributed by atoms with van der Waals surface area (Å²) in [6.45, 7) is 5.85. The maximum atomic E-state index is 3.68. The molecule has 0 aromatic carbocycles. The van der Waals surface area contributed by atoms with Crippen molar-refractivity contribution in [3.05, 3.63) is 6.92 Å². The van der Waals surface area contributed by atoms with E-state index in [-0.39, 0.29) is 68.9 Å². The average Bonchev–Trinajstić information content (AvgIpc) is 1.41. The summed E-state index contributed by atoms with van der Waals surface area (Å²) >= 11 is 0. The molecule has 0 aromatic rings. The predicted octanol–water partition coefficient (Wildman–Crippen LogP) is -0.985. The van der Waals surface area contributed by atoms with E-state index in [1.54, 1.807) is 0 Å². The Morgan fingerprint density at radius 1 is 1.50 bits per heavy atom. The van der Waals surface area contributed by atoms with Gasteiger partial charge in [0.15, 0.2) is 0 Å². The standard InChI is InChI=1S/C5H11.Cs/c1-3-5-4-2;/h1,3-5H2,2H3;/q-1;+1. The Hall–Kier alpha value is 2.05. The van der Waals surface area contributed by atoms with Gasteiger partial charge in [0.05, 0.1) is 0 Å². The second-order valence-electron chi connectivity index (χ2n) is 1.21. The van der Waals surface area contributed by atoms with Crippen molar-refractivity contribution < 1.29 is 68.9 Å². The molecule has 0 amide bonds. The van der Waals surface area contributed by atoms with Crippen molar-refractivity contribution in [3.63, 3.8) is 0 Å². The van der Waals surface area contributed by atoms with Gasteiger partial charge in [-0.15, -0.1) is 0 Å². The Labute approximate surface area is 99.5 Å². The van der Waals surface area contributed by atoms with Crippen LogP contribution in [0.2, 0.25) is 0 Å². The zero-order valence-corrected chi connectivity index (χ0v) is 11.1. The fraction of sp³-hybridized carbons (Fsp3) is 0.800. The monoisotopic (exact) mass is 204 g/mol. The van der Waals surface area contributed by atoms with Crippen LogP contribution in [0.4, 0.5) is 0 Å². The van der Waals surface area contributed by atoms with Crippen LogP contribution in [0.1, 0.15) is 26.2 Å². The van der Waals surface area contributed by atoms with Gasteiger partial charge < -0.3 is 6.92 Å². The summed E-state index contributed by atoms with van der Waals surface area (Å²) < 4.78 is 0. The normalized spacial score (nSPS) is 7.00. The summed E-state index contributed by atoms with van der Waals surface area (Å²) in [4.78, 5) is 0. The molecule has 0 spiro atoms.